The van der Waals surface area contributed by atoms with Gasteiger partial charge in [0.05, 0.1) is 6.10 Å². The van der Waals surface area contributed by atoms with Crippen LogP contribution in [0.4, 0.5) is 5.69 Å². The number of ether oxygens (including phenoxy) is 1. The van der Waals surface area contributed by atoms with E-state index in [-0.39, 0.29) is 24.1 Å². The number of carbonyl (C=O) groups excluding carboxylic acids is 1. The molecule has 0 radical (unpaired) electrons. The molecule has 1 aromatic heterocycles. The monoisotopic (exact) mass is 265 g/mol. The molecule has 1 unspecified atom stereocenters. The number of aromatic nitrogens is 1. The molecule has 1 aliphatic rings. The average molecular weight is 265 g/mol. The maximum Gasteiger partial charge on any atom is 0.251 e. The molecule has 2 N–H and O–H groups in total. The molecule has 19 heavy (non-hydrogen) atoms. The third-order valence-electron chi connectivity index (χ3n) is 3.38. The molecule has 6 heteroatoms. The predicted octanol–water partition coefficient (Wildman–Crippen LogP) is 0.0679. The van der Waals surface area contributed by atoms with Crippen molar-refractivity contribution in [3.05, 3.63) is 28.7 Å². The lowest BCUT2D eigenvalue weighted by Gasteiger charge is -2.32. The zero-order valence-electron chi connectivity index (χ0n) is 11.0. The van der Waals surface area contributed by atoms with Gasteiger partial charge in [0.2, 0.25) is 5.91 Å². The summed E-state index contributed by atoms with van der Waals surface area (Å²) < 4.78 is 6.62. The van der Waals surface area contributed by atoms with Crippen LogP contribution in [-0.4, -0.2) is 41.7 Å². The number of pyridine rings is 1. The average Bonchev–Trinajstić information content (AvgIpc) is 2.43. The molecule has 1 aliphatic heterocycles. The second-order valence-electron chi connectivity index (χ2n) is 4.77. The van der Waals surface area contributed by atoms with Gasteiger partial charge < -0.3 is 19.9 Å². The number of amides is 1. The Kier molecular flexibility index (Phi) is 4.21. The van der Waals surface area contributed by atoms with E-state index < -0.39 is 0 Å². The summed E-state index contributed by atoms with van der Waals surface area (Å²) >= 11 is 0. The number of anilines is 1. The molecule has 6 nitrogen and oxygen atoms in total. The van der Waals surface area contributed by atoms with E-state index in [9.17, 15) is 9.59 Å². The number of hydrogen-bond donors (Lipinski definition) is 1. The van der Waals surface area contributed by atoms with Crippen molar-refractivity contribution in [1.29, 1.82) is 0 Å². The van der Waals surface area contributed by atoms with Crippen LogP contribution in [0, 0.1) is 0 Å². The molecule has 0 saturated carbocycles. The van der Waals surface area contributed by atoms with E-state index in [1.54, 1.807) is 12.0 Å². The van der Waals surface area contributed by atoms with Gasteiger partial charge in [-0.1, -0.05) is 0 Å². The van der Waals surface area contributed by atoms with Crippen LogP contribution < -0.4 is 11.3 Å². The zero-order chi connectivity index (χ0) is 13.8. The van der Waals surface area contributed by atoms with Crippen LogP contribution in [0.3, 0.4) is 0 Å². The van der Waals surface area contributed by atoms with Gasteiger partial charge in [0, 0.05) is 38.1 Å². The van der Waals surface area contributed by atoms with Gasteiger partial charge in [0.1, 0.15) is 6.54 Å². The van der Waals surface area contributed by atoms with Crippen molar-refractivity contribution < 1.29 is 9.53 Å². The molecule has 2 heterocycles. The van der Waals surface area contributed by atoms with Gasteiger partial charge in [-0.15, -0.1) is 0 Å². The molecule has 0 spiro atoms. The lowest BCUT2D eigenvalue weighted by atomic mass is 10.1. The molecule has 1 fully saturated rings. The summed E-state index contributed by atoms with van der Waals surface area (Å²) in [4.78, 5) is 25.5. The number of piperidine rings is 1. The molecule has 0 aromatic carbocycles. The first-order valence-electron chi connectivity index (χ1n) is 6.36. The van der Waals surface area contributed by atoms with Crippen LogP contribution in [-0.2, 0) is 16.1 Å². The van der Waals surface area contributed by atoms with Crippen molar-refractivity contribution in [2.24, 2.45) is 0 Å². The topological polar surface area (TPSA) is 77.6 Å². The van der Waals surface area contributed by atoms with Crippen molar-refractivity contribution in [2.75, 3.05) is 25.9 Å². The predicted molar refractivity (Wildman–Crippen MR) is 71.7 cm³/mol. The first-order chi connectivity index (χ1) is 9.10. The SMILES string of the molecule is COC1CCCN(C(=O)Cn2cc(N)ccc2=O)C1. The van der Waals surface area contributed by atoms with Gasteiger partial charge in [-0.25, -0.2) is 0 Å². The number of nitrogens with zero attached hydrogens (tertiary/aromatic N) is 2. The van der Waals surface area contributed by atoms with E-state index >= 15 is 0 Å². The Morgan fingerprint density at radius 3 is 3.05 bits per heavy atom. The number of carbonyl (C=O) groups is 1. The fourth-order valence-corrected chi connectivity index (χ4v) is 2.28. The van der Waals surface area contributed by atoms with Gasteiger partial charge in [-0.2, -0.15) is 0 Å². The molecule has 0 bridgehead atoms. The van der Waals surface area contributed by atoms with E-state index in [2.05, 4.69) is 0 Å². The summed E-state index contributed by atoms with van der Waals surface area (Å²) in [7, 11) is 1.65. The second kappa shape index (κ2) is 5.88. The van der Waals surface area contributed by atoms with Gasteiger partial charge in [-0.3, -0.25) is 9.59 Å². The summed E-state index contributed by atoms with van der Waals surface area (Å²) in [5.41, 5.74) is 5.87. The fraction of sp³-hybridized carbons (Fsp3) is 0.538. The second-order valence-corrected chi connectivity index (χ2v) is 4.77. The smallest absolute Gasteiger partial charge is 0.251 e. The Bertz CT molecular complexity index is 512. The van der Waals surface area contributed by atoms with Crippen LogP contribution in [0.15, 0.2) is 23.1 Å². The van der Waals surface area contributed by atoms with Crippen molar-refractivity contribution in [2.45, 2.75) is 25.5 Å². The lowest BCUT2D eigenvalue weighted by molar-refractivity contribution is -0.135. The highest BCUT2D eigenvalue weighted by Crippen LogP contribution is 2.13. The number of likely N-dealkylation sites (tertiary alicyclic amines) is 1. The quantitative estimate of drug-likeness (QED) is 0.839. The highest BCUT2D eigenvalue weighted by Gasteiger charge is 2.23. The molecule has 104 valence electrons. The van der Waals surface area contributed by atoms with Gasteiger partial charge in [-0.05, 0) is 18.9 Å². The minimum Gasteiger partial charge on any atom is -0.398 e. The Morgan fingerprint density at radius 2 is 2.32 bits per heavy atom. The highest BCUT2D eigenvalue weighted by molar-refractivity contribution is 5.76. The Hall–Kier alpha value is -1.82. The van der Waals surface area contributed by atoms with Gasteiger partial charge in [0.15, 0.2) is 0 Å². The molecule has 1 aromatic rings. The number of methoxy groups -OCH3 is 1. The van der Waals surface area contributed by atoms with E-state index in [0.29, 0.717) is 12.2 Å². The van der Waals surface area contributed by atoms with Gasteiger partial charge in [0.25, 0.3) is 5.56 Å². The van der Waals surface area contributed by atoms with Gasteiger partial charge >= 0.3 is 0 Å². The molecule has 1 saturated heterocycles. The normalized spacial score (nSPS) is 19.4. The molecule has 2 rings (SSSR count). The van der Waals surface area contributed by atoms with E-state index in [4.69, 9.17) is 10.5 Å². The summed E-state index contributed by atoms with van der Waals surface area (Å²) in [6.07, 6.45) is 3.49. The van der Waals surface area contributed by atoms with Crippen LogP contribution in [0.1, 0.15) is 12.8 Å². The largest absolute Gasteiger partial charge is 0.398 e. The Balaban J connectivity index is 2.04. The lowest BCUT2D eigenvalue weighted by Crippen LogP contribution is -2.45. The number of hydrogen-bond acceptors (Lipinski definition) is 4. The zero-order valence-corrected chi connectivity index (χ0v) is 11.0. The summed E-state index contributed by atoms with van der Waals surface area (Å²) in [5.74, 6) is -0.0746. The number of rotatable bonds is 3. The first kappa shape index (κ1) is 13.6. The summed E-state index contributed by atoms with van der Waals surface area (Å²) in [6, 6.07) is 2.90. The van der Waals surface area contributed by atoms with E-state index in [1.165, 1.54) is 22.9 Å². The van der Waals surface area contributed by atoms with Crippen molar-refractivity contribution >= 4 is 11.6 Å². The molecule has 1 amide bonds. The third kappa shape index (κ3) is 3.35. The summed E-state index contributed by atoms with van der Waals surface area (Å²) in [6.45, 7) is 1.34. The van der Waals surface area contributed by atoms with Crippen LogP contribution in [0.25, 0.3) is 0 Å². The minimum absolute atomic E-state index is 0.0281. The first-order valence-corrected chi connectivity index (χ1v) is 6.36. The van der Waals surface area contributed by atoms with E-state index in [1.807, 2.05) is 0 Å². The number of nitrogens with two attached hydrogens (primary N) is 1. The van der Waals surface area contributed by atoms with Crippen molar-refractivity contribution in [3.8, 4) is 0 Å². The number of nitrogen functional groups attached to an aromatic ring is 1. The molecule has 0 aliphatic carbocycles. The van der Waals surface area contributed by atoms with Crippen molar-refractivity contribution in [3.63, 3.8) is 0 Å². The molecule has 1 atom stereocenters. The fourth-order valence-electron chi connectivity index (χ4n) is 2.28. The van der Waals surface area contributed by atoms with Crippen LogP contribution >= 0.6 is 0 Å². The van der Waals surface area contributed by atoms with Crippen LogP contribution in [0.5, 0.6) is 0 Å². The minimum atomic E-state index is -0.220. The maximum atomic E-state index is 12.2. The Morgan fingerprint density at radius 1 is 1.53 bits per heavy atom. The van der Waals surface area contributed by atoms with Crippen LogP contribution in [0.2, 0.25) is 0 Å². The maximum absolute atomic E-state index is 12.2. The summed E-state index contributed by atoms with van der Waals surface area (Å²) in [5, 5.41) is 0. The third-order valence-corrected chi connectivity index (χ3v) is 3.38. The highest BCUT2D eigenvalue weighted by atomic mass is 16.5. The Labute approximate surface area is 111 Å². The van der Waals surface area contributed by atoms with E-state index in [0.717, 1.165) is 19.4 Å². The van der Waals surface area contributed by atoms with Crippen molar-refractivity contribution in [1.82, 2.24) is 9.47 Å². The standard InChI is InChI=1S/C13H19N3O3/c1-19-11-3-2-6-15(8-11)13(18)9-16-7-10(14)4-5-12(16)17/h4-5,7,11H,2-3,6,8-9,14H2,1H3. The molecular formula is C13H19N3O3. The molecular weight excluding hydrogens is 246 g/mol.